The van der Waals surface area contributed by atoms with Gasteiger partial charge in [-0.3, -0.25) is 9.59 Å². The summed E-state index contributed by atoms with van der Waals surface area (Å²) in [6.07, 6.45) is 1.53. The van der Waals surface area contributed by atoms with Gasteiger partial charge in [0.15, 0.2) is 5.78 Å². The van der Waals surface area contributed by atoms with E-state index in [-0.39, 0.29) is 17.7 Å². The van der Waals surface area contributed by atoms with E-state index < -0.39 is 0 Å². The molecule has 0 aliphatic heterocycles. The smallest absolute Gasteiger partial charge is 0.268 e. The molecular formula is C24H20BrN3O3. The van der Waals surface area contributed by atoms with Gasteiger partial charge < -0.3 is 14.8 Å². The Hall–Kier alpha value is -3.45. The van der Waals surface area contributed by atoms with Crippen LogP contribution in [0.2, 0.25) is 0 Å². The fraction of sp³-hybridized carbons (Fsp3) is 0.125. The van der Waals surface area contributed by atoms with Gasteiger partial charge in [-0.2, -0.15) is 0 Å². The molecule has 4 aromatic rings. The molecule has 0 saturated carbocycles. The Balaban J connectivity index is 1.56. The SMILES string of the molecule is Cc1onc(-c2ccc(Br)cc2)c1C(=O)c1c[nH]c(C(=O)NC(C)c2ccccc2)c1. The molecule has 4 rings (SSSR count). The van der Waals surface area contributed by atoms with Crippen LogP contribution in [-0.2, 0) is 0 Å². The zero-order valence-electron chi connectivity index (χ0n) is 17.0. The Morgan fingerprint density at radius 3 is 2.52 bits per heavy atom. The number of nitrogens with zero attached hydrogens (tertiary/aromatic N) is 1. The van der Waals surface area contributed by atoms with E-state index >= 15 is 0 Å². The number of aromatic nitrogens is 2. The molecule has 7 heteroatoms. The predicted molar refractivity (Wildman–Crippen MR) is 121 cm³/mol. The van der Waals surface area contributed by atoms with Crippen molar-refractivity contribution in [2.45, 2.75) is 19.9 Å². The number of carbonyl (C=O) groups is 2. The zero-order chi connectivity index (χ0) is 22.0. The first-order chi connectivity index (χ1) is 14.9. The lowest BCUT2D eigenvalue weighted by Gasteiger charge is -2.13. The van der Waals surface area contributed by atoms with Gasteiger partial charge >= 0.3 is 0 Å². The summed E-state index contributed by atoms with van der Waals surface area (Å²) in [4.78, 5) is 28.8. The summed E-state index contributed by atoms with van der Waals surface area (Å²) < 4.78 is 6.23. The molecule has 1 unspecified atom stereocenters. The van der Waals surface area contributed by atoms with Gasteiger partial charge in [0, 0.05) is 21.8 Å². The number of aromatic amines is 1. The molecule has 0 aliphatic carbocycles. The van der Waals surface area contributed by atoms with Crippen molar-refractivity contribution in [1.29, 1.82) is 0 Å². The van der Waals surface area contributed by atoms with Gasteiger partial charge in [-0.15, -0.1) is 0 Å². The lowest BCUT2D eigenvalue weighted by molar-refractivity contribution is 0.0935. The summed E-state index contributed by atoms with van der Waals surface area (Å²) in [7, 11) is 0. The average molecular weight is 478 g/mol. The summed E-state index contributed by atoms with van der Waals surface area (Å²) >= 11 is 3.40. The lowest BCUT2D eigenvalue weighted by Crippen LogP contribution is -2.26. The van der Waals surface area contributed by atoms with Crippen LogP contribution in [0.3, 0.4) is 0 Å². The molecule has 156 valence electrons. The van der Waals surface area contributed by atoms with Gasteiger partial charge in [-0.05, 0) is 37.6 Å². The van der Waals surface area contributed by atoms with Crippen LogP contribution in [-0.4, -0.2) is 21.8 Å². The largest absolute Gasteiger partial charge is 0.360 e. The van der Waals surface area contributed by atoms with Gasteiger partial charge in [0.25, 0.3) is 5.91 Å². The molecule has 1 atom stereocenters. The summed E-state index contributed by atoms with van der Waals surface area (Å²) in [5.74, 6) is -0.124. The molecule has 2 aromatic carbocycles. The topological polar surface area (TPSA) is 88.0 Å². The molecule has 0 spiro atoms. The number of carbonyl (C=O) groups excluding carboxylic acids is 2. The van der Waals surface area contributed by atoms with E-state index in [1.807, 2.05) is 61.5 Å². The number of amides is 1. The first kappa shape index (κ1) is 20.8. The normalized spacial score (nSPS) is 11.8. The van der Waals surface area contributed by atoms with Crippen LogP contribution in [0, 0.1) is 6.92 Å². The summed E-state index contributed by atoms with van der Waals surface area (Å²) in [5, 5.41) is 7.01. The van der Waals surface area contributed by atoms with E-state index in [1.165, 1.54) is 6.20 Å². The quantitative estimate of drug-likeness (QED) is 0.360. The second-order valence-corrected chi connectivity index (χ2v) is 8.12. The van der Waals surface area contributed by atoms with E-state index in [1.54, 1.807) is 13.0 Å². The van der Waals surface area contributed by atoms with Crippen molar-refractivity contribution in [2.24, 2.45) is 0 Å². The number of rotatable bonds is 6. The molecule has 0 radical (unpaired) electrons. The number of aryl methyl sites for hydroxylation is 1. The Kier molecular flexibility index (Phi) is 5.86. The number of benzene rings is 2. The average Bonchev–Trinajstić information content (AvgIpc) is 3.42. The second-order valence-electron chi connectivity index (χ2n) is 7.21. The molecule has 31 heavy (non-hydrogen) atoms. The summed E-state index contributed by atoms with van der Waals surface area (Å²) in [6, 6.07) is 18.5. The minimum absolute atomic E-state index is 0.166. The molecule has 0 saturated heterocycles. The van der Waals surface area contributed by atoms with Crippen molar-refractivity contribution in [3.05, 3.63) is 99.5 Å². The van der Waals surface area contributed by atoms with Crippen molar-refractivity contribution >= 4 is 27.6 Å². The van der Waals surface area contributed by atoms with Gasteiger partial charge in [0.2, 0.25) is 0 Å². The summed E-state index contributed by atoms with van der Waals surface area (Å²) in [5.41, 5.74) is 3.30. The van der Waals surface area contributed by atoms with Gasteiger partial charge in [0.1, 0.15) is 17.1 Å². The highest BCUT2D eigenvalue weighted by Crippen LogP contribution is 2.28. The fourth-order valence-electron chi connectivity index (χ4n) is 3.34. The third kappa shape index (κ3) is 4.36. The van der Waals surface area contributed by atoms with Crippen LogP contribution >= 0.6 is 15.9 Å². The summed E-state index contributed by atoms with van der Waals surface area (Å²) in [6.45, 7) is 3.61. The molecule has 0 bridgehead atoms. The minimum atomic E-state index is -0.287. The lowest BCUT2D eigenvalue weighted by atomic mass is 9.99. The van der Waals surface area contributed by atoms with E-state index in [2.05, 4.69) is 31.4 Å². The fourth-order valence-corrected chi connectivity index (χ4v) is 3.61. The number of nitrogens with one attached hydrogen (secondary N) is 2. The number of hydrogen-bond donors (Lipinski definition) is 2. The molecule has 2 aromatic heterocycles. The maximum atomic E-state index is 13.2. The maximum absolute atomic E-state index is 13.2. The molecule has 2 N–H and O–H groups in total. The molecule has 0 aliphatic rings. The molecule has 0 fully saturated rings. The first-order valence-electron chi connectivity index (χ1n) is 9.75. The third-order valence-corrected chi connectivity index (χ3v) is 5.57. The Labute approximate surface area is 187 Å². The highest BCUT2D eigenvalue weighted by Gasteiger charge is 2.24. The molecule has 6 nitrogen and oxygen atoms in total. The van der Waals surface area contributed by atoms with Crippen molar-refractivity contribution in [2.75, 3.05) is 0 Å². The number of hydrogen-bond acceptors (Lipinski definition) is 4. The van der Waals surface area contributed by atoms with E-state index in [9.17, 15) is 9.59 Å². The Morgan fingerprint density at radius 1 is 1.10 bits per heavy atom. The molecular weight excluding hydrogens is 458 g/mol. The maximum Gasteiger partial charge on any atom is 0.268 e. The first-order valence-corrected chi connectivity index (χ1v) is 10.5. The van der Waals surface area contributed by atoms with Crippen LogP contribution in [0.5, 0.6) is 0 Å². The van der Waals surface area contributed by atoms with Crippen LogP contribution in [0.15, 0.2) is 75.9 Å². The molecule has 1 amide bonds. The van der Waals surface area contributed by atoms with Crippen molar-refractivity contribution in [3.8, 4) is 11.3 Å². The molecule has 2 heterocycles. The monoisotopic (exact) mass is 477 g/mol. The van der Waals surface area contributed by atoms with Crippen molar-refractivity contribution in [1.82, 2.24) is 15.5 Å². The van der Waals surface area contributed by atoms with E-state index in [4.69, 9.17) is 4.52 Å². The number of halogens is 1. The Bertz CT molecular complexity index is 1230. The van der Waals surface area contributed by atoms with Crippen LogP contribution in [0.1, 0.15) is 50.7 Å². The third-order valence-electron chi connectivity index (χ3n) is 5.04. The van der Waals surface area contributed by atoms with Crippen molar-refractivity contribution < 1.29 is 14.1 Å². The van der Waals surface area contributed by atoms with Crippen LogP contribution in [0.25, 0.3) is 11.3 Å². The van der Waals surface area contributed by atoms with E-state index in [0.29, 0.717) is 28.3 Å². The highest BCUT2D eigenvalue weighted by molar-refractivity contribution is 9.10. The number of ketones is 1. The zero-order valence-corrected chi connectivity index (χ0v) is 18.6. The highest BCUT2D eigenvalue weighted by atomic mass is 79.9. The van der Waals surface area contributed by atoms with Crippen LogP contribution in [0.4, 0.5) is 0 Å². The minimum Gasteiger partial charge on any atom is -0.360 e. The van der Waals surface area contributed by atoms with Gasteiger partial charge in [-0.25, -0.2) is 0 Å². The van der Waals surface area contributed by atoms with Crippen LogP contribution < -0.4 is 5.32 Å². The van der Waals surface area contributed by atoms with E-state index in [0.717, 1.165) is 15.6 Å². The van der Waals surface area contributed by atoms with Gasteiger partial charge in [0.05, 0.1) is 11.6 Å². The predicted octanol–water partition coefficient (Wildman–Crippen LogP) is 5.46. The Morgan fingerprint density at radius 2 is 1.81 bits per heavy atom. The van der Waals surface area contributed by atoms with Crippen molar-refractivity contribution in [3.63, 3.8) is 0 Å². The standard InChI is InChI=1S/C24H20BrN3O3/c1-14(16-6-4-3-5-7-16)27-24(30)20-12-18(13-26-20)23(29)21-15(2)31-28-22(21)17-8-10-19(25)11-9-17/h3-14,26H,1-2H3,(H,27,30). The second kappa shape index (κ2) is 8.73. The number of H-pyrrole nitrogens is 1. The van der Waals surface area contributed by atoms with Gasteiger partial charge in [-0.1, -0.05) is 63.6 Å².